The Morgan fingerprint density at radius 3 is 2.67 bits per heavy atom. The van der Waals surface area contributed by atoms with Crippen molar-refractivity contribution in [2.45, 2.75) is 6.92 Å². The normalized spacial score (nSPS) is 11.6. The highest BCUT2D eigenvalue weighted by atomic mass is 32.2. The van der Waals surface area contributed by atoms with Gasteiger partial charge in [0.05, 0.1) is 0 Å². The van der Waals surface area contributed by atoms with Crippen LogP contribution in [0, 0.1) is 0 Å². The number of rotatable bonds is 4. The Labute approximate surface area is 65.8 Å². The Kier molecular flexibility index (Phi) is 6.43. The third-order valence-corrected chi connectivity index (χ3v) is 2.46. The lowest BCUT2D eigenvalue weighted by Crippen LogP contribution is -1.65. The van der Waals surface area contributed by atoms with Crippen molar-refractivity contribution in [3.8, 4) is 0 Å². The van der Waals surface area contributed by atoms with E-state index in [1.807, 2.05) is 17.8 Å². The molecule has 0 aliphatic rings. The van der Waals surface area contributed by atoms with Crippen LogP contribution in [0.1, 0.15) is 6.92 Å². The van der Waals surface area contributed by atoms with Gasteiger partial charge in [-0.2, -0.15) is 0 Å². The summed E-state index contributed by atoms with van der Waals surface area (Å²) in [5, 5.41) is 2.14. The van der Waals surface area contributed by atoms with E-state index in [9.17, 15) is 0 Å². The summed E-state index contributed by atoms with van der Waals surface area (Å²) < 4.78 is 0. The Bertz CT molecular complexity index is 105. The molecule has 0 bridgehead atoms. The van der Waals surface area contributed by atoms with Gasteiger partial charge in [0.1, 0.15) is 0 Å². The molecule has 0 spiro atoms. The molecular formula is C7H12S2. The minimum atomic E-state index is 1.14. The standard InChI is InChI=1S/C7H12S2/c1-4-7(8-3)6-9-5-2/h4,6H,1,5H2,2-3H3/b7-6-. The van der Waals surface area contributed by atoms with Crippen molar-refractivity contribution in [2.75, 3.05) is 12.0 Å². The number of hydrogen-bond donors (Lipinski definition) is 0. The molecule has 52 valence electrons. The monoisotopic (exact) mass is 160 g/mol. The molecule has 9 heavy (non-hydrogen) atoms. The molecule has 0 N–H and O–H groups in total. The van der Waals surface area contributed by atoms with Crippen LogP contribution in [0.5, 0.6) is 0 Å². The van der Waals surface area contributed by atoms with Gasteiger partial charge in [-0.1, -0.05) is 19.6 Å². The van der Waals surface area contributed by atoms with Crippen LogP contribution in [0.4, 0.5) is 0 Å². The van der Waals surface area contributed by atoms with Crippen molar-refractivity contribution in [1.82, 2.24) is 0 Å². The fourth-order valence-electron chi connectivity index (χ4n) is 0.345. The SMILES string of the molecule is C=C/C(=C/SCC)SC. The summed E-state index contributed by atoms with van der Waals surface area (Å²) in [6.07, 6.45) is 3.94. The van der Waals surface area contributed by atoms with E-state index in [0.717, 1.165) is 5.75 Å². The van der Waals surface area contributed by atoms with Crippen LogP contribution in [0.25, 0.3) is 0 Å². The topological polar surface area (TPSA) is 0 Å². The molecule has 0 aromatic rings. The fourth-order valence-corrected chi connectivity index (χ4v) is 1.53. The number of allylic oxidation sites excluding steroid dienone is 1. The van der Waals surface area contributed by atoms with Crippen LogP contribution >= 0.6 is 23.5 Å². The number of hydrogen-bond acceptors (Lipinski definition) is 2. The maximum Gasteiger partial charge on any atom is 0.0126 e. The van der Waals surface area contributed by atoms with E-state index in [1.54, 1.807) is 11.8 Å². The van der Waals surface area contributed by atoms with Gasteiger partial charge in [0, 0.05) is 4.91 Å². The molecule has 0 unspecified atom stereocenters. The molecule has 0 heterocycles. The molecule has 0 aromatic carbocycles. The van der Waals surface area contributed by atoms with Crippen LogP contribution in [-0.2, 0) is 0 Å². The molecule has 0 fully saturated rings. The zero-order valence-corrected chi connectivity index (χ0v) is 7.52. The van der Waals surface area contributed by atoms with Crippen molar-refractivity contribution in [3.63, 3.8) is 0 Å². The summed E-state index contributed by atoms with van der Waals surface area (Å²) >= 11 is 3.54. The molecule has 0 rings (SSSR count). The summed E-state index contributed by atoms with van der Waals surface area (Å²) in [7, 11) is 0. The maximum atomic E-state index is 3.68. The van der Waals surface area contributed by atoms with Gasteiger partial charge in [-0.25, -0.2) is 0 Å². The molecule has 0 saturated heterocycles. The van der Waals surface area contributed by atoms with Crippen molar-refractivity contribution in [3.05, 3.63) is 23.0 Å². The first-order chi connectivity index (χ1) is 4.35. The lowest BCUT2D eigenvalue weighted by Gasteiger charge is -1.92. The minimum Gasteiger partial charge on any atom is -0.133 e. The highest BCUT2D eigenvalue weighted by Crippen LogP contribution is 2.16. The zero-order valence-electron chi connectivity index (χ0n) is 5.89. The number of thioether (sulfide) groups is 2. The predicted octanol–water partition coefficient (Wildman–Crippen LogP) is 3.13. The molecule has 0 aliphatic heterocycles. The molecular weight excluding hydrogens is 148 g/mol. The van der Waals surface area contributed by atoms with Gasteiger partial charge in [-0.3, -0.25) is 0 Å². The summed E-state index contributed by atoms with van der Waals surface area (Å²) in [6, 6.07) is 0. The van der Waals surface area contributed by atoms with Crippen molar-refractivity contribution in [1.29, 1.82) is 0 Å². The van der Waals surface area contributed by atoms with E-state index in [4.69, 9.17) is 0 Å². The highest BCUT2D eigenvalue weighted by Gasteiger charge is 1.83. The molecule has 0 nitrogen and oxygen atoms in total. The second-order valence-corrected chi connectivity index (χ2v) is 3.41. The first-order valence-electron chi connectivity index (χ1n) is 2.83. The van der Waals surface area contributed by atoms with Crippen molar-refractivity contribution < 1.29 is 0 Å². The second kappa shape index (κ2) is 6.30. The lowest BCUT2D eigenvalue weighted by atomic mass is 10.6. The van der Waals surface area contributed by atoms with E-state index in [1.165, 1.54) is 4.91 Å². The lowest BCUT2D eigenvalue weighted by molar-refractivity contribution is 1.54. The summed E-state index contributed by atoms with van der Waals surface area (Å²) in [5.41, 5.74) is 0. The van der Waals surface area contributed by atoms with Gasteiger partial charge in [-0.15, -0.1) is 23.5 Å². The average Bonchev–Trinajstić information content (AvgIpc) is 1.91. The van der Waals surface area contributed by atoms with E-state index >= 15 is 0 Å². The highest BCUT2D eigenvalue weighted by molar-refractivity contribution is 8.05. The Morgan fingerprint density at radius 2 is 2.33 bits per heavy atom. The maximum absolute atomic E-state index is 3.68. The van der Waals surface area contributed by atoms with Crippen molar-refractivity contribution >= 4 is 23.5 Å². The summed E-state index contributed by atoms with van der Waals surface area (Å²) in [6.45, 7) is 5.82. The van der Waals surface area contributed by atoms with Crippen LogP contribution in [0.2, 0.25) is 0 Å². The smallest absolute Gasteiger partial charge is 0.0126 e. The van der Waals surface area contributed by atoms with E-state index in [2.05, 4.69) is 25.2 Å². The van der Waals surface area contributed by atoms with Gasteiger partial charge >= 0.3 is 0 Å². The molecule has 0 aromatic heterocycles. The predicted molar refractivity (Wildman–Crippen MR) is 49.9 cm³/mol. The van der Waals surface area contributed by atoms with Crippen LogP contribution in [0.15, 0.2) is 23.0 Å². The minimum absolute atomic E-state index is 1.14. The molecule has 0 aliphatic carbocycles. The first kappa shape index (κ1) is 9.18. The van der Waals surface area contributed by atoms with E-state index in [0.29, 0.717) is 0 Å². The van der Waals surface area contributed by atoms with E-state index in [-0.39, 0.29) is 0 Å². The Balaban J connectivity index is 3.61. The van der Waals surface area contributed by atoms with Gasteiger partial charge in [0.2, 0.25) is 0 Å². The Hall–Kier alpha value is 0.180. The van der Waals surface area contributed by atoms with E-state index < -0.39 is 0 Å². The molecule has 0 amide bonds. The molecule has 2 heteroatoms. The molecule has 0 atom stereocenters. The third-order valence-electron chi connectivity index (χ3n) is 0.803. The fraction of sp³-hybridized carbons (Fsp3) is 0.429. The molecule has 0 radical (unpaired) electrons. The van der Waals surface area contributed by atoms with Gasteiger partial charge < -0.3 is 0 Å². The van der Waals surface area contributed by atoms with Crippen molar-refractivity contribution in [2.24, 2.45) is 0 Å². The second-order valence-electron chi connectivity index (χ2n) is 1.38. The Morgan fingerprint density at radius 1 is 1.67 bits per heavy atom. The van der Waals surface area contributed by atoms with Gasteiger partial charge in [-0.05, 0) is 17.4 Å². The van der Waals surface area contributed by atoms with Crippen LogP contribution < -0.4 is 0 Å². The zero-order chi connectivity index (χ0) is 7.11. The van der Waals surface area contributed by atoms with Gasteiger partial charge in [0.15, 0.2) is 0 Å². The van der Waals surface area contributed by atoms with Crippen LogP contribution in [-0.4, -0.2) is 12.0 Å². The third kappa shape index (κ3) is 4.67. The molecule has 0 saturated carbocycles. The van der Waals surface area contributed by atoms with Crippen LogP contribution in [0.3, 0.4) is 0 Å². The largest absolute Gasteiger partial charge is 0.133 e. The average molecular weight is 160 g/mol. The first-order valence-corrected chi connectivity index (χ1v) is 5.10. The van der Waals surface area contributed by atoms with Gasteiger partial charge in [0.25, 0.3) is 0 Å². The summed E-state index contributed by atoms with van der Waals surface area (Å²) in [5.74, 6) is 1.14. The summed E-state index contributed by atoms with van der Waals surface area (Å²) in [4.78, 5) is 1.25. The quantitative estimate of drug-likeness (QED) is 0.579.